The van der Waals surface area contributed by atoms with E-state index >= 15 is 0 Å². The minimum Gasteiger partial charge on any atom is -0.463 e. The minimum absolute atomic E-state index is 0.0282. The summed E-state index contributed by atoms with van der Waals surface area (Å²) in [7, 11) is -3.71. The molecule has 7 nitrogen and oxygen atoms in total. The molecule has 8 heteroatoms. The number of rotatable bonds is 5. The maximum atomic E-state index is 11.9. The first-order valence-electron chi connectivity index (χ1n) is 6.35. The minimum atomic E-state index is -3.71. The average Bonchev–Trinajstić information content (AvgIpc) is 2.90. The molecule has 0 unspecified atom stereocenters. The Hall–Kier alpha value is -2.37. The molecule has 1 heterocycles. The Bertz CT molecular complexity index is 717. The highest BCUT2D eigenvalue weighted by molar-refractivity contribution is 7.89. The van der Waals surface area contributed by atoms with Crippen LogP contribution >= 0.6 is 0 Å². The summed E-state index contributed by atoms with van der Waals surface area (Å²) >= 11 is 0. The smallest absolute Gasteiger partial charge is 0.347 e. The van der Waals surface area contributed by atoms with Crippen molar-refractivity contribution in [2.24, 2.45) is 0 Å². The van der Waals surface area contributed by atoms with Crippen molar-refractivity contribution in [1.82, 2.24) is 4.72 Å². The number of sulfonamides is 1. The Morgan fingerprint density at radius 3 is 2.64 bits per heavy atom. The van der Waals surface area contributed by atoms with Gasteiger partial charge >= 0.3 is 11.9 Å². The van der Waals surface area contributed by atoms with Crippen molar-refractivity contribution in [3.63, 3.8) is 0 Å². The lowest BCUT2D eigenvalue weighted by atomic mass is 10.2. The normalized spacial score (nSPS) is 17.6. The summed E-state index contributed by atoms with van der Waals surface area (Å²) in [5.74, 6) is 0.864. The van der Waals surface area contributed by atoms with E-state index in [4.69, 9.17) is 11.2 Å². The fraction of sp³-hybridized carbons (Fsp3) is 0.286. The number of cyclic esters (lactones) is 1. The third kappa shape index (κ3) is 3.63. The molecule has 22 heavy (non-hydrogen) atoms. The van der Waals surface area contributed by atoms with Crippen molar-refractivity contribution < 1.29 is 27.5 Å². The Balaban J connectivity index is 2.07. The van der Waals surface area contributed by atoms with Crippen LogP contribution in [0.25, 0.3) is 0 Å². The summed E-state index contributed by atoms with van der Waals surface area (Å²) in [5, 5.41) is 0. The van der Waals surface area contributed by atoms with E-state index in [1.165, 1.54) is 24.3 Å². The SMILES string of the molecule is C#CCNS(=O)(=O)c1ccc(C(=O)O[C@H]2CCOC2=O)cc1. The van der Waals surface area contributed by atoms with Gasteiger partial charge < -0.3 is 9.47 Å². The van der Waals surface area contributed by atoms with E-state index in [1.807, 2.05) is 0 Å². The van der Waals surface area contributed by atoms with Crippen LogP contribution in [-0.4, -0.2) is 39.6 Å². The maximum absolute atomic E-state index is 11.9. The number of carbonyl (C=O) groups is 2. The quantitative estimate of drug-likeness (QED) is 0.608. The topological polar surface area (TPSA) is 98.8 Å². The highest BCUT2D eigenvalue weighted by Gasteiger charge is 2.30. The van der Waals surface area contributed by atoms with E-state index in [0.29, 0.717) is 6.42 Å². The summed E-state index contributed by atoms with van der Waals surface area (Å²) in [6, 6.07) is 5.10. The van der Waals surface area contributed by atoms with Gasteiger partial charge in [0.15, 0.2) is 0 Å². The molecule has 1 aromatic rings. The van der Waals surface area contributed by atoms with E-state index in [1.54, 1.807) is 0 Å². The molecule has 1 N–H and O–H groups in total. The molecule has 0 bridgehead atoms. The standard InChI is InChI=1S/C14H13NO6S/c1-2-8-15-22(18,19)11-5-3-10(4-6-11)13(16)21-12-7-9-20-14(12)17/h1,3-6,12,15H,7-9H2/t12-/m0/s1. The fourth-order valence-corrected chi connectivity index (χ4v) is 2.71. The molecule has 1 fully saturated rings. The Kier molecular flexibility index (Phi) is 4.80. The highest BCUT2D eigenvalue weighted by Crippen LogP contribution is 2.15. The van der Waals surface area contributed by atoms with Crippen LogP contribution < -0.4 is 4.72 Å². The third-order valence-electron chi connectivity index (χ3n) is 2.90. The number of hydrogen-bond acceptors (Lipinski definition) is 6. The second-order valence-corrected chi connectivity index (χ2v) is 6.17. The molecule has 1 saturated heterocycles. The number of terminal acetylenes is 1. The highest BCUT2D eigenvalue weighted by atomic mass is 32.2. The van der Waals surface area contributed by atoms with Crippen LogP contribution in [0, 0.1) is 12.3 Å². The van der Waals surface area contributed by atoms with E-state index in [-0.39, 0.29) is 23.6 Å². The zero-order valence-electron chi connectivity index (χ0n) is 11.4. The molecule has 0 aromatic heterocycles. The molecule has 0 spiro atoms. The van der Waals surface area contributed by atoms with Gasteiger partial charge in [-0.1, -0.05) is 5.92 Å². The number of carbonyl (C=O) groups excluding carboxylic acids is 2. The van der Waals surface area contributed by atoms with Gasteiger partial charge in [-0.25, -0.2) is 18.0 Å². The Labute approximate surface area is 127 Å². The molecular formula is C14H13NO6S. The summed E-state index contributed by atoms with van der Waals surface area (Å²) in [6.07, 6.45) is 4.39. The van der Waals surface area contributed by atoms with Crippen LogP contribution in [0.4, 0.5) is 0 Å². The van der Waals surface area contributed by atoms with Crippen molar-refractivity contribution in [2.75, 3.05) is 13.2 Å². The molecule has 1 atom stereocenters. The van der Waals surface area contributed by atoms with Gasteiger partial charge in [-0.05, 0) is 24.3 Å². The summed E-state index contributed by atoms with van der Waals surface area (Å²) in [4.78, 5) is 23.1. The number of ether oxygens (including phenoxy) is 2. The van der Waals surface area contributed by atoms with Crippen molar-refractivity contribution in [3.8, 4) is 12.3 Å². The molecule has 1 aromatic carbocycles. The first-order chi connectivity index (χ1) is 10.4. The molecule has 116 valence electrons. The average molecular weight is 323 g/mol. The van der Waals surface area contributed by atoms with Crippen LogP contribution in [-0.2, 0) is 24.3 Å². The number of nitrogens with one attached hydrogen (secondary N) is 1. The molecule has 2 rings (SSSR count). The second kappa shape index (κ2) is 6.60. The molecule has 0 saturated carbocycles. The van der Waals surface area contributed by atoms with Gasteiger partial charge in [0, 0.05) is 6.42 Å². The molecule has 1 aliphatic rings. The lowest BCUT2D eigenvalue weighted by molar-refractivity contribution is -0.145. The lowest BCUT2D eigenvalue weighted by Gasteiger charge is -2.09. The van der Waals surface area contributed by atoms with E-state index in [0.717, 1.165) is 0 Å². The fourth-order valence-electron chi connectivity index (χ4n) is 1.77. The maximum Gasteiger partial charge on any atom is 0.347 e. The summed E-state index contributed by atoms with van der Waals surface area (Å²) in [6.45, 7) is 0.0880. The number of benzene rings is 1. The van der Waals surface area contributed by atoms with Crippen molar-refractivity contribution in [3.05, 3.63) is 29.8 Å². The molecule has 0 aliphatic carbocycles. The molecule has 1 aliphatic heterocycles. The van der Waals surface area contributed by atoms with Crippen molar-refractivity contribution in [1.29, 1.82) is 0 Å². The predicted octanol–water partition coefficient (Wildman–Crippen LogP) is 0.0704. The largest absolute Gasteiger partial charge is 0.463 e. The number of esters is 2. The molecule has 0 amide bonds. The van der Waals surface area contributed by atoms with Gasteiger partial charge in [0.1, 0.15) is 0 Å². The van der Waals surface area contributed by atoms with Crippen LogP contribution in [0.15, 0.2) is 29.2 Å². The number of hydrogen-bond donors (Lipinski definition) is 1. The van der Waals surface area contributed by atoms with E-state index < -0.39 is 28.1 Å². The monoisotopic (exact) mass is 323 g/mol. The van der Waals surface area contributed by atoms with Gasteiger partial charge in [0.25, 0.3) is 0 Å². The first kappa shape index (κ1) is 16.0. The van der Waals surface area contributed by atoms with Crippen molar-refractivity contribution >= 4 is 22.0 Å². The predicted molar refractivity (Wildman–Crippen MR) is 75.2 cm³/mol. The molecular weight excluding hydrogens is 310 g/mol. The summed E-state index contributed by atoms with van der Waals surface area (Å²) in [5.41, 5.74) is 0.135. The Morgan fingerprint density at radius 1 is 1.41 bits per heavy atom. The van der Waals surface area contributed by atoms with E-state index in [2.05, 4.69) is 15.4 Å². The van der Waals surface area contributed by atoms with Crippen LogP contribution in [0.2, 0.25) is 0 Å². The van der Waals surface area contributed by atoms with Crippen LogP contribution in [0.1, 0.15) is 16.8 Å². The van der Waals surface area contributed by atoms with Gasteiger partial charge in [-0.3, -0.25) is 0 Å². The van der Waals surface area contributed by atoms with Gasteiger partial charge in [0.2, 0.25) is 16.1 Å². The third-order valence-corrected chi connectivity index (χ3v) is 4.32. The van der Waals surface area contributed by atoms with Crippen LogP contribution in [0.5, 0.6) is 0 Å². The first-order valence-corrected chi connectivity index (χ1v) is 7.83. The Morgan fingerprint density at radius 2 is 2.09 bits per heavy atom. The lowest BCUT2D eigenvalue weighted by Crippen LogP contribution is -2.24. The van der Waals surface area contributed by atoms with Crippen LogP contribution in [0.3, 0.4) is 0 Å². The van der Waals surface area contributed by atoms with Gasteiger partial charge in [-0.2, -0.15) is 4.72 Å². The molecule has 0 radical (unpaired) electrons. The zero-order valence-corrected chi connectivity index (χ0v) is 12.3. The second-order valence-electron chi connectivity index (χ2n) is 4.40. The summed E-state index contributed by atoms with van der Waals surface area (Å²) < 4.78 is 35.5. The van der Waals surface area contributed by atoms with Crippen molar-refractivity contribution in [2.45, 2.75) is 17.4 Å². The van der Waals surface area contributed by atoms with Gasteiger partial charge in [0.05, 0.1) is 23.6 Å². The van der Waals surface area contributed by atoms with Gasteiger partial charge in [-0.15, -0.1) is 6.42 Å². The van der Waals surface area contributed by atoms with E-state index in [9.17, 15) is 18.0 Å². The zero-order chi connectivity index (χ0) is 16.2.